The van der Waals surface area contributed by atoms with Crippen molar-refractivity contribution in [2.24, 2.45) is 5.92 Å². The molecule has 0 aliphatic rings. The molecule has 1 heterocycles. The maximum Gasteiger partial charge on any atom is 0.173 e. The minimum absolute atomic E-state index is 0.334. The van der Waals surface area contributed by atoms with E-state index in [1.54, 1.807) is 11.6 Å². The van der Waals surface area contributed by atoms with Gasteiger partial charge in [-0.2, -0.15) is 5.10 Å². The first-order valence-corrected chi connectivity index (χ1v) is 4.22. The molecule has 0 atom stereocenters. The van der Waals surface area contributed by atoms with Crippen molar-refractivity contribution in [3.05, 3.63) is 17.7 Å². The van der Waals surface area contributed by atoms with E-state index in [1.807, 2.05) is 0 Å². The highest BCUT2D eigenvalue weighted by Gasteiger charge is 2.05. The van der Waals surface area contributed by atoms with Crippen LogP contribution in [0.2, 0.25) is 0 Å². The van der Waals surface area contributed by atoms with E-state index in [2.05, 4.69) is 25.1 Å². The largest absolute Gasteiger partial charge is 0.266 e. The number of rotatable bonds is 3. The molecule has 3 heteroatoms. The van der Waals surface area contributed by atoms with E-state index in [0.717, 1.165) is 13.0 Å². The van der Waals surface area contributed by atoms with Crippen molar-refractivity contribution >= 4 is 0 Å². The van der Waals surface area contributed by atoms with Crippen molar-refractivity contribution in [1.82, 2.24) is 9.78 Å². The fraction of sp³-hybridized carbons (Fsp3) is 0.667. The van der Waals surface area contributed by atoms with Gasteiger partial charge in [-0.1, -0.05) is 13.8 Å². The van der Waals surface area contributed by atoms with E-state index >= 15 is 0 Å². The standard InChI is InChI=1S/C9H14FN2/c1-7(2)4-5-12-8(3)9(10)6-11-12/h7H,4-5H2,1-3H3. The Balaban J connectivity index is 2.58. The Morgan fingerprint density at radius 2 is 2.25 bits per heavy atom. The van der Waals surface area contributed by atoms with Gasteiger partial charge in [-0.25, -0.2) is 4.39 Å². The zero-order valence-corrected chi connectivity index (χ0v) is 7.76. The molecule has 0 aliphatic carbocycles. The molecule has 1 aromatic rings. The zero-order chi connectivity index (χ0) is 9.14. The van der Waals surface area contributed by atoms with Crippen LogP contribution in [0, 0.1) is 24.9 Å². The maximum atomic E-state index is 12.7. The minimum atomic E-state index is -0.334. The van der Waals surface area contributed by atoms with Gasteiger partial charge < -0.3 is 0 Å². The molecule has 0 bridgehead atoms. The Hall–Kier alpha value is -0.860. The van der Waals surface area contributed by atoms with Crippen molar-refractivity contribution < 1.29 is 4.39 Å². The molecule has 0 saturated heterocycles. The molecule has 12 heavy (non-hydrogen) atoms. The van der Waals surface area contributed by atoms with Gasteiger partial charge in [0.25, 0.3) is 0 Å². The number of halogens is 1. The van der Waals surface area contributed by atoms with Crippen molar-refractivity contribution in [3.63, 3.8) is 0 Å². The summed E-state index contributed by atoms with van der Waals surface area (Å²) in [6.45, 7) is 6.78. The van der Waals surface area contributed by atoms with Crippen LogP contribution in [0.1, 0.15) is 26.0 Å². The monoisotopic (exact) mass is 169 g/mol. The number of aromatic nitrogens is 2. The van der Waals surface area contributed by atoms with Crippen LogP contribution in [0.25, 0.3) is 0 Å². The van der Waals surface area contributed by atoms with Crippen LogP contribution < -0.4 is 0 Å². The number of nitrogens with zero attached hydrogens (tertiary/aromatic N) is 2. The number of aryl methyl sites for hydroxylation is 1. The molecule has 2 nitrogen and oxygen atoms in total. The summed E-state index contributed by atoms with van der Waals surface area (Å²) < 4.78 is 14.4. The average molecular weight is 169 g/mol. The van der Waals surface area contributed by atoms with Crippen LogP contribution in [0.15, 0.2) is 0 Å². The maximum absolute atomic E-state index is 12.7. The highest BCUT2D eigenvalue weighted by molar-refractivity contribution is 4.99. The third-order valence-corrected chi connectivity index (χ3v) is 1.89. The predicted molar refractivity (Wildman–Crippen MR) is 45.2 cm³/mol. The van der Waals surface area contributed by atoms with Gasteiger partial charge in [0.1, 0.15) is 0 Å². The van der Waals surface area contributed by atoms with Gasteiger partial charge in [-0.3, -0.25) is 4.68 Å². The Labute approximate surface area is 72.4 Å². The summed E-state index contributed by atoms with van der Waals surface area (Å²) in [4.78, 5) is 0. The predicted octanol–water partition coefficient (Wildman–Crippen LogP) is 2.18. The number of hydrogen-bond acceptors (Lipinski definition) is 1. The number of hydrogen-bond donors (Lipinski definition) is 0. The average Bonchev–Trinajstić information content (AvgIpc) is 2.30. The fourth-order valence-corrected chi connectivity index (χ4v) is 0.972. The molecule has 0 amide bonds. The van der Waals surface area contributed by atoms with Gasteiger partial charge in [-0.05, 0) is 19.3 Å². The van der Waals surface area contributed by atoms with Crippen LogP contribution in [0.4, 0.5) is 4.39 Å². The van der Waals surface area contributed by atoms with Crippen molar-refractivity contribution in [2.75, 3.05) is 0 Å². The van der Waals surface area contributed by atoms with Gasteiger partial charge >= 0.3 is 0 Å². The normalized spacial score (nSPS) is 11.1. The Morgan fingerprint density at radius 3 is 2.67 bits per heavy atom. The van der Waals surface area contributed by atoms with Crippen molar-refractivity contribution in [3.8, 4) is 0 Å². The van der Waals surface area contributed by atoms with Crippen LogP contribution in [0.3, 0.4) is 0 Å². The molecule has 0 fully saturated rings. The van der Waals surface area contributed by atoms with Crippen molar-refractivity contribution in [2.45, 2.75) is 33.7 Å². The lowest BCUT2D eigenvalue weighted by Gasteiger charge is -2.05. The first-order valence-electron chi connectivity index (χ1n) is 4.22. The molecule has 1 rings (SSSR count). The van der Waals surface area contributed by atoms with Gasteiger partial charge in [0.15, 0.2) is 12.0 Å². The van der Waals surface area contributed by atoms with Crippen LogP contribution in [-0.2, 0) is 6.54 Å². The molecule has 0 unspecified atom stereocenters. The second-order valence-corrected chi connectivity index (χ2v) is 3.42. The highest BCUT2D eigenvalue weighted by Crippen LogP contribution is 2.07. The summed E-state index contributed by atoms with van der Waals surface area (Å²) >= 11 is 0. The Kier molecular flexibility index (Phi) is 2.84. The summed E-state index contributed by atoms with van der Waals surface area (Å²) in [5, 5.41) is 3.80. The first-order chi connectivity index (χ1) is 5.61. The van der Waals surface area contributed by atoms with Crippen molar-refractivity contribution in [1.29, 1.82) is 0 Å². The van der Waals surface area contributed by atoms with Crippen LogP contribution >= 0.6 is 0 Å². The topological polar surface area (TPSA) is 17.8 Å². The quantitative estimate of drug-likeness (QED) is 0.678. The lowest BCUT2D eigenvalue weighted by Crippen LogP contribution is -2.05. The molecule has 1 radical (unpaired) electrons. The molecule has 0 saturated carbocycles. The third kappa shape index (κ3) is 2.06. The second-order valence-electron chi connectivity index (χ2n) is 3.42. The van der Waals surface area contributed by atoms with E-state index in [9.17, 15) is 4.39 Å². The lowest BCUT2D eigenvalue weighted by atomic mass is 10.1. The van der Waals surface area contributed by atoms with E-state index in [1.165, 1.54) is 0 Å². The lowest BCUT2D eigenvalue weighted by molar-refractivity contribution is 0.476. The molecule has 1 aromatic heterocycles. The van der Waals surface area contributed by atoms with Crippen LogP contribution in [-0.4, -0.2) is 9.78 Å². The fourth-order valence-electron chi connectivity index (χ4n) is 0.972. The molecule has 0 aromatic carbocycles. The molecule has 0 aliphatic heterocycles. The molecule has 67 valence electrons. The summed E-state index contributed by atoms with van der Waals surface area (Å²) in [5.74, 6) is 0.287. The van der Waals surface area contributed by atoms with E-state index in [4.69, 9.17) is 0 Å². The molecular weight excluding hydrogens is 155 g/mol. The summed E-state index contributed by atoms with van der Waals surface area (Å²) in [6.07, 6.45) is 3.33. The van der Waals surface area contributed by atoms with Crippen LogP contribution in [0.5, 0.6) is 0 Å². The summed E-state index contributed by atoms with van der Waals surface area (Å²) in [5.41, 5.74) is 0.579. The SMILES string of the molecule is Cc1c(F)[c]nn1CCC(C)C. The molecular formula is C9H14FN2. The smallest absolute Gasteiger partial charge is 0.173 e. The van der Waals surface area contributed by atoms with E-state index in [-0.39, 0.29) is 5.82 Å². The first kappa shape index (κ1) is 9.23. The molecule has 0 N–H and O–H groups in total. The minimum Gasteiger partial charge on any atom is -0.266 e. The Morgan fingerprint density at radius 1 is 1.58 bits per heavy atom. The summed E-state index contributed by atoms with van der Waals surface area (Å²) in [6, 6.07) is 0. The molecule has 0 spiro atoms. The van der Waals surface area contributed by atoms with Gasteiger partial charge in [0, 0.05) is 6.54 Å². The van der Waals surface area contributed by atoms with Gasteiger partial charge in [0.05, 0.1) is 5.69 Å². The zero-order valence-electron chi connectivity index (χ0n) is 7.76. The Bertz CT molecular complexity index is 253. The highest BCUT2D eigenvalue weighted by atomic mass is 19.1. The third-order valence-electron chi connectivity index (χ3n) is 1.89. The van der Waals surface area contributed by atoms with Gasteiger partial charge in [0.2, 0.25) is 0 Å². The van der Waals surface area contributed by atoms with E-state index in [0.29, 0.717) is 11.6 Å². The summed E-state index contributed by atoms with van der Waals surface area (Å²) in [7, 11) is 0. The second kappa shape index (κ2) is 3.70. The van der Waals surface area contributed by atoms with E-state index < -0.39 is 0 Å². The van der Waals surface area contributed by atoms with Gasteiger partial charge in [-0.15, -0.1) is 0 Å².